The van der Waals surface area contributed by atoms with E-state index in [0.717, 1.165) is 10.5 Å². The van der Waals surface area contributed by atoms with Gasteiger partial charge in [-0.15, -0.1) is 0 Å². The number of rotatable bonds is 4. The first-order chi connectivity index (χ1) is 14.1. The van der Waals surface area contributed by atoms with Crippen molar-refractivity contribution in [1.29, 1.82) is 0 Å². The van der Waals surface area contributed by atoms with Gasteiger partial charge in [-0.25, -0.2) is 4.90 Å². The zero-order valence-corrected chi connectivity index (χ0v) is 15.6. The number of halogens is 1. The molecule has 1 aromatic heterocycles. The van der Waals surface area contributed by atoms with Gasteiger partial charge < -0.3 is 4.52 Å². The molecule has 2 aliphatic heterocycles. The van der Waals surface area contributed by atoms with E-state index in [4.69, 9.17) is 16.1 Å². The minimum absolute atomic E-state index is 0.0624. The Morgan fingerprint density at radius 2 is 1.86 bits per heavy atom. The fraction of sp³-hybridized carbons (Fsp3) is 0.158. The number of aromatic nitrogens is 2. The second kappa shape index (κ2) is 6.78. The number of fused-ring (bicyclic) bond motifs is 1. The van der Waals surface area contributed by atoms with Crippen molar-refractivity contribution in [3.05, 3.63) is 65.5 Å². The molecule has 10 heteroatoms. The molecule has 0 bridgehead atoms. The molecule has 1 fully saturated rings. The molecule has 2 aromatic carbocycles. The second-order valence-corrected chi connectivity index (χ2v) is 7.00. The van der Waals surface area contributed by atoms with Gasteiger partial charge in [0.25, 0.3) is 11.8 Å². The molecule has 0 radical (unpaired) electrons. The van der Waals surface area contributed by atoms with E-state index >= 15 is 0 Å². The first-order valence-corrected chi connectivity index (χ1v) is 9.18. The van der Waals surface area contributed by atoms with Crippen molar-refractivity contribution in [2.24, 2.45) is 10.3 Å². The lowest BCUT2D eigenvalue weighted by Gasteiger charge is -2.19. The summed E-state index contributed by atoms with van der Waals surface area (Å²) in [6.07, 6.45) is 0. The molecule has 0 N–H and O–H groups in total. The average molecular weight is 409 g/mol. The molecular formula is C19H13ClN6O3. The van der Waals surface area contributed by atoms with Crippen LogP contribution >= 0.6 is 11.6 Å². The van der Waals surface area contributed by atoms with Crippen molar-refractivity contribution in [3.63, 3.8) is 0 Å². The summed E-state index contributed by atoms with van der Waals surface area (Å²) < 4.78 is 5.29. The summed E-state index contributed by atoms with van der Waals surface area (Å²) in [6, 6.07) is 14.2. The van der Waals surface area contributed by atoms with Crippen molar-refractivity contribution < 1.29 is 14.1 Å². The Balaban J connectivity index is 1.38. The van der Waals surface area contributed by atoms with Crippen LogP contribution in [0.4, 0.5) is 5.69 Å². The van der Waals surface area contributed by atoms with Crippen molar-refractivity contribution in [1.82, 2.24) is 15.1 Å². The average Bonchev–Trinajstić information content (AvgIpc) is 3.41. The van der Waals surface area contributed by atoms with Crippen LogP contribution in [0.3, 0.4) is 0 Å². The minimum atomic E-state index is -0.905. The normalized spacial score (nSPS) is 20.6. The second-order valence-electron chi connectivity index (χ2n) is 6.56. The highest BCUT2D eigenvalue weighted by Gasteiger charge is 2.55. The first-order valence-electron chi connectivity index (χ1n) is 8.80. The molecule has 144 valence electrons. The Labute approximate surface area is 169 Å². The van der Waals surface area contributed by atoms with Crippen LogP contribution in [0.25, 0.3) is 11.4 Å². The molecule has 2 atom stereocenters. The van der Waals surface area contributed by atoms with Gasteiger partial charge in [0.05, 0.1) is 5.69 Å². The number of amides is 2. The number of nitrogens with zero attached hydrogens (tertiary/aromatic N) is 6. The van der Waals surface area contributed by atoms with Crippen LogP contribution in [0.1, 0.15) is 5.89 Å². The van der Waals surface area contributed by atoms with Crippen LogP contribution in [0.5, 0.6) is 0 Å². The third-order valence-electron chi connectivity index (χ3n) is 4.72. The van der Waals surface area contributed by atoms with Gasteiger partial charge >= 0.3 is 0 Å². The Kier molecular flexibility index (Phi) is 4.09. The summed E-state index contributed by atoms with van der Waals surface area (Å²) in [5, 5.41) is 13.8. The van der Waals surface area contributed by atoms with Crippen molar-refractivity contribution in [2.75, 3.05) is 4.90 Å². The van der Waals surface area contributed by atoms with Gasteiger partial charge in [-0.05, 0) is 18.2 Å². The Bertz CT molecular complexity index is 1130. The lowest BCUT2D eigenvalue weighted by molar-refractivity contribution is -0.123. The topological polar surface area (TPSA) is 104 Å². The Morgan fingerprint density at radius 1 is 1.03 bits per heavy atom. The van der Waals surface area contributed by atoms with E-state index in [0.29, 0.717) is 16.5 Å². The van der Waals surface area contributed by atoms with Crippen LogP contribution < -0.4 is 4.90 Å². The number of benzene rings is 2. The van der Waals surface area contributed by atoms with Crippen LogP contribution in [-0.4, -0.2) is 39.0 Å². The SMILES string of the molecule is O=C1[C@H]2N=NN(Cc3nc(-c4ccccc4)no3)[C@@H]2C(=O)N1c1cccc(Cl)c1. The lowest BCUT2D eigenvalue weighted by Crippen LogP contribution is -2.39. The van der Waals surface area contributed by atoms with Crippen molar-refractivity contribution >= 4 is 29.1 Å². The van der Waals surface area contributed by atoms with E-state index < -0.39 is 23.9 Å². The number of hydrogen-bond donors (Lipinski definition) is 0. The third kappa shape index (κ3) is 2.95. The number of anilines is 1. The zero-order chi connectivity index (χ0) is 20.0. The van der Waals surface area contributed by atoms with Gasteiger partial charge in [0.15, 0.2) is 12.1 Å². The molecule has 9 nitrogen and oxygen atoms in total. The number of imide groups is 1. The molecule has 0 aliphatic carbocycles. The van der Waals surface area contributed by atoms with E-state index in [1.54, 1.807) is 24.3 Å². The maximum absolute atomic E-state index is 13.0. The van der Waals surface area contributed by atoms with Gasteiger partial charge in [0.2, 0.25) is 11.7 Å². The number of carbonyl (C=O) groups is 2. The summed E-state index contributed by atoms with van der Waals surface area (Å²) in [5.74, 6) is -0.161. The highest BCUT2D eigenvalue weighted by Crippen LogP contribution is 2.33. The largest absolute Gasteiger partial charge is 0.337 e. The molecule has 2 amide bonds. The van der Waals surface area contributed by atoms with Gasteiger partial charge in [-0.1, -0.05) is 58.4 Å². The summed E-state index contributed by atoms with van der Waals surface area (Å²) in [7, 11) is 0. The Morgan fingerprint density at radius 3 is 2.66 bits per heavy atom. The standard InChI is InChI=1S/C19H13ClN6O3/c20-12-7-4-8-13(9-12)26-18(27)15-16(19(26)28)25(24-22-15)10-14-21-17(23-29-14)11-5-2-1-3-6-11/h1-9,15-16H,10H2/t15-,16-/m0/s1. The summed E-state index contributed by atoms with van der Waals surface area (Å²) in [6.45, 7) is 0.0624. The summed E-state index contributed by atoms with van der Waals surface area (Å²) in [5.41, 5.74) is 1.21. The van der Waals surface area contributed by atoms with Crippen molar-refractivity contribution in [3.8, 4) is 11.4 Å². The predicted octanol–water partition coefficient (Wildman–Crippen LogP) is 2.88. The first kappa shape index (κ1) is 17.5. The maximum Gasteiger partial charge on any atom is 0.263 e. The smallest absolute Gasteiger partial charge is 0.263 e. The molecule has 3 heterocycles. The molecular weight excluding hydrogens is 396 g/mol. The highest BCUT2D eigenvalue weighted by molar-refractivity contribution is 6.31. The predicted molar refractivity (Wildman–Crippen MR) is 102 cm³/mol. The lowest BCUT2D eigenvalue weighted by atomic mass is 10.1. The fourth-order valence-corrected chi connectivity index (χ4v) is 3.57. The van der Waals surface area contributed by atoms with Crippen LogP contribution in [0, 0.1) is 0 Å². The number of hydrogen-bond acceptors (Lipinski definition) is 8. The van der Waals surface area contributed by atoms with Gasteiger partial charge in [0.1, 0.15) is 6.54 Å². The fourth-order valence-electron chi connectivity index (χ4n) is 3.39. The van der Waals surface area contributed by atoms with E-state index in [1.807, 2.05) is 30.3 Å². The molecule has 5 rings (SSSR count). The van der Waals surface area contributed by atoms with E-state index in [9.17, 15) is 9.59 Å². The van der Waals surface area contributed by atoms with Gasteiger partial charge in [-0.2, -0.15) is 10.1 Å². The number of carbonyl (C=O) groups excluding carboxylic acids is 2. The van der Waals surface area contributed by atoms with Crippen molar-refractivity contribution in [2.45, 2.75) is 18.6 Å². The van der Waals surface area contributed by atoms with E-state index in [1.165, 1.54) is 5.01 Å². The molecule has 3 aromatic rings. The zero-order valence-electron chi connectivity index (χ0n) is 14.8. The van der Waals surface area contributed by atoms with E-state index in [2.05, 4.69) is 20.5 Å². The quantitative estimate of drug-likeness (QED) is 0.615. The van der Waals surface area contributed by atoms with Crippen LogP contribution in [0.15, 0.2) is 69.5 Å². The van der Waals surface area contributed by atoms with Crippen LogP contribution in [-0.2, 0) is 16.1 Å². The minimum Gasteiger partial charge on any atom is -0.337 e. The van der Waals surface area contributed by atoms with E-state index in [-0.39, 0.29) is 12.4 Å². The highest BCUT2D eigenvalue weighted by atomic mass is 35.5. The molecule has 2 aliphatic rings. The van der Waals surface area contributed by atoms with Crippen LogP contribution in [0.2, 0.25) is 5.02 Å². The molecule has 0 unspecified atom stereocenters. The molecule has 29 heavy (non-hydrogen) atoms. The van der Waals surface area contributed by atoms with Gasteiger partial charge in [-0.3, -0.25) is 14.6 Å². The summed E-state index contributed by atoms with van der Waals surface area (Å²) in [4.78, 5) is 31.1. The molecule has 0 spiro atoms. The monoisotopic (exact) mass is 408 g/mol. The third-order valence-corrected chi connectivity index (χ3v) is 4.96. The molecule has 1 saturated heterocycles. The summed E-state index contributed by atoms with van der Waals surface area (Å²) >= 11 is 6.00. The Hall–Kier alpha value is -3.59. The van der Waals surface area contributed by atoms with Gasteiger partial charge in [0, 0.05) is 10.6 Å². The maximum atomic E-state index is 13.0. The molecule has 0 saturated carbocycles.